The molecule has 0 aliphatic heterocycles. The van der Waals surface area contributed by atoms with Gasteiger partial charge in [0.2, 0.25) is 0 Å². The molecular formula is C14H19NO6. The Kier molecular flexibility index (Phi) is 7.67. The minimum Gasteiger partial charge on any atom is -0.466 e. The van der Waals surface area contributed by atoms with Crippen LogP contribution in [-0.4, -0.2) is 38.4 Å². The van der Waals surface area contributed by atoms with E-state index in [0.29, 0.717) is 24.5 Å². The maximum absolute atomic E-state index is 11.3. The third kappa shape index (κ3) is 7.78. The van der Waals surface area contributed by atoms with Crippen LogP contribution in [0.4, 0.5) is 4.79 Å². The van der Waals surface area contributed by atoms with E-state index in [1.165, 1.54) is 6.26 Å². The van der Waals surface area contributed by atoms with Crippen molar-refractivity contribution in [1.82, 2.24) is 5.32 Å². The second kappa shape index (κ2) is 9.60. The Hall–Kier alpha value is -2.28. The largest absolute Gasteiger partial charge is 0.466 e. The van der Waals surface area contributed by atoms with Crippen LogP contribution in [-0.2, 0) is 25.6 Å². The Bertz CT molecular complexity index is 454. The Labute approximate surface area is 122 Å². The zero-order chi connectivity index (χ0) is 15.5. The van der Waals surface area contributed by atoms with E-state index in [-0.39, 0.29) is 19.8 Å². The molecule has 0 bridgehead atoms. The number of carbonyl (C=O) groups excluding carboxylic acids is 2. The first kappa shape index (κ1) is 16.8. The highest BCUT2D eigenvalue weighted by atomic mass is 16.6. The molecule has 0 unspecified atom stereocenters. The number of ether oxygens (including phenoxy) is 3. The lowest BCUT2D eigenvalue weighted by Gasteiger charge is -2.07. The summed E-state index contributed by atoms with van der Waals surface area (Å²) in [6.07, 6.45) is 0.953. The van der Waals surface area contributed by atoms with Crippen LogP contribution in [0.5, 0.6) is 0 Å². The summed E-state index contributed by atoms with van der Waals surface area (Å²) in [6, 6.07) is 3.42. The lowest BCUT2D eigenvalue weighted by atomic mass is 10.4. The number of amides is 1. The number of alkyl carbamates (subject to hydrolysis) is 1. The van der Waals surface area contributed by atoms with Gasteiger partial charge in [-0.2, -0.15) is 0 Å². The van der Waals surface area contributed by atoms with Crippen molar-refractivity contribution < 1.29 is 28.2 Å². The van der Waals surface area contributed by atoms with Crippen molar-refractivity contribution in [2.24, 2.45) is 0 Å². The monoisotopic (exact) mass is 297 g/mol. The van der Waals surface area contributed by atoms with Crippen molar-refractivity contribution in [3.8, 4) is 0 Å². The Morgan fingerprint density at radius 3 is 2.76 bits per heavy atom. The zero-order valence-electron chi connectivity index (χ0n) is 11.9. The van der Waals surface area contributed by atoms with Crippen LogP contribution in [0.3, 0.4) is 0 Å². The van der Waals surface area contributed by atoms with E-state index in [2.05, 4.69) is 11.9 Å². The predicted octanol–water partition coefficient (Wildman–Crippen LogP) is 1.64. The smallest absolute Gasteiger partial charge is 0.407 e. The van der Waals surface area contributed by atoms with Gasteiger partial charge < -0.3 is 23.9 Å². The van der Waals surface area contributed by atoms with E-state index in [4.69, 9.17) is 18.6 Å². The van der Waals surface area contributed by atoms with Gasteiger partial charge in [-0.15, -0.1) is 0 Å². The van der Waals surface area contributed by atoms with E-state index in [1.807, 2.05) is 0 Å². The van der Waals surface area contributed by atoms with E-state index >= 15 is 0 Å². The maximum atomic E-state index is 11.3. The Morgan fingerprint density at radius 1 is 1.29 bits per heavy atom. The molecule has 0 aliphatic rings. The molecule has 116 valence electrons. The van der Waals surface area contributed by atoms with Gasteiger partial charge in [0.1, 0.15) is 12.4 Å². The minimum atomic E-state index is -0.552. The van der Waals surface area contributed by atoms with Gasteiger partial charge in [0, 0.05) is 12.1 Å². The molecule has 7 heteroatoms. The molecule has 0 atom stereocenters. The molecule has 0 fully saturated rings. The molecule has 0 saturated heterocycles. The fraction of sp³-hybridized carbons (Fsp3) is 0.429. The first-order valence-electron chi connectivity index (χ1n) is 6.43. The number of hydrogen-bond acceptors (Lipinski definition) is 6. The van der Waals surface area contributed by atoms with E-state index in [9.17, 15) is 9.59 Å². The fourth-order valence-electron chi connectivity index (χ4n) is 1.23. The van der Waals surface area contributed by atoms with E-state index < -0.39 is 12.1 Å². The number of carbonyl (C=O) groups is 2. The summed E-state index contributed by atoms with van der Waals surface area (Å²) >= 11 is 0. The second-order valence-corrected chi connectivity index (χ2v) is 4.11. The quantitative estimate of drug-likeness (QED) is 0.423. The summed E-state index contributed by atoms with van der Waals surface area (Å²) in [7, 11) is 0. The molecular weight excluding hydrogens is 278 g/mol. The number of nitrogens with one attached hydrogen (secondary N) is 1. The third-order valence-electron chi connectivity index (χ3n) is 2.25. The van der Waals surface area contributed by atoms with E-state index in [0.717, 1.165) is 0 Å². The van der Waals surface area contributed by atoms with Crippen LogP contribution in [0.2, 0.25) is 0 Å². The number of hydrogen-bond donors (Lipinski definition) is 1. The molecule has 1 heterocycles. The molecule has 0 saturated carbocycles. The zero-order valence-corrected chi connectivity index (χ0v) is 11.9. The van der Waals surface area contributed by atoms with Crippen molar-refractivity contribution >= 4 is 12.1 Å². The van der Waals surface area contributed by atoms with Gasteiger partial charge in [-0.05, 0) is 19.1 Å². The van der Waals surface area contributed by atoms with Crippen molar-refractivity contribution in [3.05, 3.63) is 36.3 Å². The molecule has 1 rings (SSSR count). The Balaban J connectivity index is 1.93. The highest BCUT2D eigenvalue weighted by Crippen LogP contribution is 2.01. The molecule has 0 aliphatic carbocycles. The number of rotatable bonds is 9. The van der Waals surface area contributed by atoms with Gasteiger partial charge in [-0.25, -0.2) is 9.59 Å². The summed E-state index contributed by atoms with van der Waals surface area (Å²) in [5.41, 5.74) is 0.343. The molecule has 21 heavy (non-hydrogen) atoms. The van der Waals surface area contributed by atoms with E-state index in [1.54, 1.807) is 19.1 Å². The normalized spacial score (nSPS) is 9.95. The molecule has 7 nitrogen and oxygen atoms in total. The average molecular weight is 297 g/mol. The standard InChI is InChI=1S/C14H19NO6/c1-11(2)13(16)20-9-8-18-7-5-15-14(17)21-10-12-4-3-6-19-12/h3-4,6H,1,5,7-10H2,2H3,(H,15,17). The molecule has 0 aromatic carbocycles. The summed E-state index contributed by atoms with van der Waals surface area (Å²) in [5.74, 6) is 0.124. The number of esters is 1. The van der Waals surface area contributed by atoms with Crippen molar-refractivity contribution in [2.45, 2.75) is 13.5 Å². The Morgan fingerprint density at radius 2 is 2.10 bits per heavy atom. The van der Waals surface area contributed by atoms with Crippen LogP contribution >= 0.6 is 0 Å². The molecule has 1 aromatic rings. The van der Waals surface area contributed by atoms with Crippen molar-refractivity contribution in [1.29, 1.82) is 0 Å². The second-order valence-electron chi connectivity index (χ2n) is 4.11. The maximum Gasteiger partial charge on any atom is 0.407 e. The average Bonchev–Trinajstić information content (AvgIpc) is 2.97. The van der Waals surface area contributed by atoms with Crippen LogP contribution in [0.15, 0.2) is 35.0 Å². The lowest BCUT2D eigenvalue weighted by molar-refractivity contribution is -0.140. The van der Waals surface area contributed by atoms with Gasteiger partial charge in [0.15, 0.2) is 6.61 Å². The highest BCUT2D eigenvalue weighted by molar-refractivity contribution is 5.86. The molecule has 0 radical (unpaired) electrons. The highest BCUT2D eigenvalue weighted by Gasteiger charge is 2.04. The summed E-state index contributed by atoms with van der Waals surface area (Å²) in [4.78, 5) is 22.3. The van der Waals surface area contributed by atoms with Gasteiger partial charge in [-0.3, -0.25) is 0 Å². The van der Waals surface area contributed by atoms with Gasteiger partial charge in [0.25, 0.3) is 0 Å². The topological polar surface area (TPSA) is 87.0 Å². The molecule has 1 aromatic heterocycles. The minimum absolute atomic E-state index is 0.0799. The van der Waals surface area contributed by atoms with Gasteiger partial charge in [-0.1, -0.05) is 6.58 Å². The number of furan rings is 1. The van der Waals surface area contributed by atoms with Crippen LogP contribution in [0.1, 0.15) is 12.7 Å². The summed E-state index contributed by atoms with van der Waals surface area (Å²) in [6.45, 7) is 6.09. The summed E-state index contributed by atoms with van der Waals surface area (Å²) < 4.78 is 19.9. The van der Waals surface area contributed by atoms with Gasteiger partial charge in [0.05, 0.1) is 19.5 Å². The SMILES string of the molecule is C=C(C)C(=O)OCCOCCNC(=O)OCc1ccco1. The molecule has 0 spiro atoms. The van der Waals surface area contributed by atoms with Crippen LogP contribution < -0.4 is 5.32 Å². The first-order valence-corrected chi connectivity index (χ1v) is 6.43. The van der Waals surface area contributed by atoms with Crippen LogP contribution in [0.25, 0.3) is 0 Å². The van der Waals surface area contributed by atoms with Crippen LogP contribution in [0, 0.1) is 0 Å². The summed E-state index contributed by atoms with van der Waals surface area (Å²) in [5, 5.41) is 2.51. The van der Waals surface area contributed by atoms with Crippen molar-refractivity contribution in [2.75, 3.05) is 26.4 Å². The first-order chi connectivity index (χ1) is 10.1. The fourth-order valence-corrected chi connectivity index (χ4v) is 1.23. The predicted molar refractivity (Wildman–Crippen MR) is 73.5 cm³/mol. The molecule has 1 amide bonds. The van der Waals surface area contributed by atoms with Gasteiger partial charge >= 0.3 is 12.1 Å². The molecule has 1 N–H and O–H groups in total. The van der Waals surface area contributed by atoms with Crippen molar-refractivity contribution in [3.63, 3.8) is 0 Å². The lowest BCUT2D eigenvalue weighted by Crippen LogP contribution is -2.28. The third-order valence-corrected chi connectivity index (χ3v) is 2.25.